The van der Waals surface area contributed by atoms with Crippen LogP contribution in [-0.4, -0.2) is 45.6 Å². The molecule has 3 aromatic carbocycles. The van der Waals surface area contributed by atoms with Crippen LogP contribution in [0.5, 0.6) is 11.5 Å². The van der Waals surface area contributed by atoms with Gasteiger partial charge in [0.1, 0.15) is 6.04 Å². The SMILES string of the molecule is O=C(O)c1ccc(CN2C(=O)c3ccc(Cl)cc3NC(=O)[C@H]2Cc2ccccn2)cc1-c1ccc2c(c1)OCO2. The second-order valence-corrected chi connectivity index (χ2v) is 9.84. The lowest BCUT2D eigenvalue weighted by Gasteiger charge is -2.29. The highest BCUT2D eigenvalue weighted by Crippen LogP contribution is 2.37. The van der Waals surface area contributed by atoms with Gasteiger partial charge in [-0.2, -0.15) is 0 Å². The molecule has 200 valence electrons. The lowest BCUT2D eigenvalue weighted by atomic mass is 9.96. The van der Waals surface area contributed by atoms with Crippen LogP contribution in [0.1, 0.15) is 32.0 Å². The minimum atomic E-state index is -1.09. The Bertz CT molecular complexity index is 1660. The van der Waals surface area contributed by atoms with Crippen molar-refractivity contribution in [2.24, 2.45) is 0 Å². The molecule has 1 aromatic heterocycles. The normalized spacial score (nSPS) is 15.8. The lowest BCUT2D eigenvalue weighted by molar-refractivity contribution is -0.120. The summed E-state index contributed by atoms with van der Waals surface area (Å²) in [6.07, 6.45) is 1.81. The number of aromatic nitrogens is 1. The monoisotopic (exact) mass is 555 g/mol. The second-order valence-electron chi connectivity index (χ2n) is 9.41. The number of ether oxygens (including phenoxy) is 2. The molecule has 0 radical (unpaired) electrons. The summed E-state index contributed by atoms with van der Waals surface area (Å²) in [5.41, 5.74) is 3.08. The number of nitrogens with zero attached hydrogens (tertiary/aromatic N) is 2. The molecule has 2 amide bonds. The van der Waals surface area contributed by atoms with Crippen molar-refractivity contribution in [3.05, 3.63) is 106 Å². The zero-order valence-electron chi connectivity index (χ0n) is 21.0. The van der Waals surface area contributed by atoms with Gasteiger partial charge in [0.05, 0.1) is 16.8 Å². The van der Waals surface area contributed by atoms with Crippen LogP contribution in [0.4, 0.5) is 5.69 Å². The van der Waals surface area contributed by atoms with E-state index in [0.717, 1.165) is 0 Å². The Hall–Kier alpha value is -4.89. The molecule has 10 heteroatoms. The Morgan fingerprint density at radius 3 is 2.65 bits per heavy atom. The standard InChI is InChI=1S/C30H22ClN3O6/c31-19-6-8-22-24(13-19)33-28(35)25(14-20-3-1-2-10-32-20)34(29(22)36)15-17-4-7-21(30(37)38)23(11-17)18-5-9-26-27(12-18)40-16-39-26/h1-13,25H,14-16H2,(H,33,35)(H,37,38)/t25-/m1/s1. The van der Waals surface area contributed by atoms with Crippen LogP contribution in [0, 0.1) is 0 Å². The van der Waals surface area contributed by atoms with E-state index in [-0.39, 0.29) is 37.1 Å². The molecular weight excluding hydrogens is 534 g/mol. The van der Waals surface area contributed by atoms with E-state index in [9.17, 15) is 19.5 Å². The van der Waals surface area contributed by atoms with Crippen LogP contribution >= 0.6 is 11.6 Å². The molecule has 2 aliphatic heterocycles. The number of carbonyl (C=O) groups is 3. The highest BCUT2D eigenvalue weighted by Gasteiger charge is 2.36. The molecular formula is C30H22ClN3O6. The minimum absolute atomic E-state index is 0.0449. The van der Waals surface area contributed by atoms with Crippen molar-refractivity contribution < 1.29 is 29.0 Å². The smallest absolute Gasteiger partial charge is 0.336 e. The van der Waals surface area contributed by atoms with E-state index < -0.39 is 12.0 Å². The molecule has 1 atom stereocenters. The van der Waals surface area contributed by atoms with E-state index in [4.69, 9.17) is 21.1 Å². The van der Waals surface area contributed by atoms with Crippen molar-refractivity contribution in [1.82, 2.24) is 9.88 Å². The largest absolute Gasteiger partial charge is 0.478 e. The van der Waals surface area contributed by atoms with Gasteiger partial charge >= 0.3 is 5.97 Å². The zero-order chi connectivity index (χ0) is 27.8. The maximum Gasteiger partial charge on any atom is 0.336 e. The Morgan fingerprint density at radius 1 is 1.00 bits per heavy atom. The maximum absolute atomic E-state index is 13.9. The maximum atomic E-state index is 13.9. The van der Waals surface area contributed by atoms with Gasteiger partial charge < -0.3 is 24.8 Å². The number of carboxylic acid groups (broad SMARTS) is 1. The molecule has 4 aromatic rings. The molecule has 9 nitrogen and oxygen atoms in total. The van der Waals surface area contributed by atoms with Crippen molar-refractivity contribution in [3.63, 3.8) is 0 Å². The number of anilines is 1. The van der Waals surface area contributed by atoms with E-state index in [0.29, 0.717) is 50.2 Å². The topological polar surface area (TPSA) is 118 Å². The van der Waals surface area contributed by atoms with Crippen molar-refractivity contribution in [1.29, 1.82) is 0 Å². The lowest BCUT2D eigenvalue weighted by Crippen LogP contribution is -2.46. The first-order chi connectivity index (χ1) is 19.4. The summed E-state index contributed by atoms with van der Waals surface area (Å²) in [4.78, 5) is 45.3. The fourth-order valence-electron chi connectivity index (χ4n) is 4.94. The minimum Gasteiger partial charge on any atom is -0.478 e. The number of halogens is 1. The summed E-state index contributed by atoms with van der Waals surface area (Å²) in [5, 5.41) is 13.1. The number of amides is 2. The average molecular weight is 556 g/mol. The summed E-state index contributed by atoms with van der Waals surface area (Å²) in [7, 11) is 0. The molecule has 3 heterocycles. The number of pyridine rings is 1. The molecule has 2 N–H and O–H groups in total. The molecule has 0 fully saturated rings. The Labute approximate surface area is 233 Å². The van der Waals surface area contributed by atoms with Gasteiger partial charge in [-0.15, -0.1) is 0 Å². The molecule has 2 aliphatic rings. The van der Waals surface area contributed by atoms with Crippen LogP contribution in [0.2, 0.25) is 5.02 Å². The summed E-state index contributed by atoms with van der Waals surface area (Å²) in [5.74, 6) is -0.738. The molecule has 0 unspecified atom stereocenters. The van der Waals surface area contributed by atoms with E-state index in [2.05, 4.69) is 10.3 Å². The molecule has 0 bridgehead atoms. The first-order valence-electron chi connectivity index (χ1n) is 12.4. The Kier molecular flexibility index (Phi) is 6.57. The van der Waals surface area contributed by atoms with Crippen molar-refractivity contribution >= 4 is 35.1 Å². The van der Waals surface area contributed by atoms with E-state index in [1.807, 2.05) is 6.07 Å². The van der Waals surface area contributed by atoms with Gasteiger partial charge in [0.2, 0.25) is 12.7 Å². The number of aromatic carboxylic acids is 1. The number of fused-ring (bicyclic) bond motifs is 2. The van der Waals surface area contributed by atoms with Crippen LogP contribution in [0.25, 0.3) is 11.1 Å². The van der Waals surface area contributed by atoms with E-state index >= 15 is 0 Å². The van der Waals surface area contributed by atoms with Crippen LogP contribution in [-0.2, 0) is 17.8 Å². The average Bonchev–Trinajstić information content (AvgIpc) is 3.40. The quantitative estimate of drug-likeness (QED) is 0.342. The number of benzene rings is 3. The second kappa shape index (κ2) is 10.3. The Balaban J connectivity index is 1.42. The first-order valence-corrected chi connectivity index (χ1v) is 12.8. The van der Waals surface area contributed by atoms with E-state index in [1.165, 1.54) is 11.0 Å². The molecule has 0 spiro atoms. The summed E-state index contributed by atoms with van der Waals surface area (Å²) >= 11 is 6.16. The van der Waals surface area contributed by atoms with Gasteiger partial charge in [-0.05, 0) is 71.3 Å². The molecule has 0 aliphatic carbocycles. The van der Waals surface area contributed by atoms with Crippen LogP contribution in [0.15, 0.2) is 79.0 Å². The van der Waals surface area contributed by atoms with E-state index in [1.54, 1.807) is 66.9 Å². The fraction of sp³-hybridized carbons (Fsp3) is 0.133. The summed E-state index contributed by atoms with van der Waals surface area (Å²) in [6, 6.07) is 19.3. The van der Waals surface area contributed by atoms with Gasteiger partial charge in [0.15, 0.2) is 11.5 Å². The summed E-state index contributed by atoms with van der Waals surface area (Å²) in [6.45, 7) is 0.136. The molecule has 0 saturated carbocycles. The predicted octanol–water partition coefficient (Wildman–Crippen LogP) is 5.03. The van der Waals surface area contributed by atoms with Crippen LogP contribution in [0.3, 0.4) is 0 Å². The Morgan fingerprint density at radius 2 is 1.85 bits per heavy atom. The van der Waals surface area contributed by atoms with Crippen LogP contribution < -0.4 is 14.8 Å². The number of nitrogens with one attached hydrogen (secondary N) is 1. The summed E-state index contributed by atoms with van der Waals surface area (Å²) < 4.78 is 10.9. The van der Waals surface area contributed by atoms with Gasteiger partial charge in [-0.1, -0.05) is 29.8 Å². The fourth-order valence-corrected chi connectivity index (χ4v) is 5.11. The van der Waals surface area contributed by atoms with Gasteiger partial charge in [0, 0.05) is 29.9 Å². The number of rotatable bonds is 6. The van der Waals surface area contributed by atoms with Gasteiger partial charge in [-0.25, -0.2) is 4.79 Å². The van der Waals surface area contributed by atoms with Gasteiger partial charge in [-0.3, -0.25) is 14.6 Å². The third-order valence-corrected chi connectivity index (χ3v) is 7.12. The predicted molar refractivity (Wildman–Crippen MR) is 147 cm³/mol. The van der Waals surface area contributed by atoms with Gasteiger partial charge in [0.25, 0.3) is 5.91 Å². The van der Waals surface area contributed by atoms with Crippen molar-refractivity contribution in [3.8, 4) is 22.6 Å². The third kappa shape index (κ3) is 4.83. The van der Waals surface area contributed by atoms with Crippen molar-refractivity contribution in [2.45, 2.75) is 19.0 Å². The highest BCUT2D eigenvalue weighted by atomic mass is 35.5. The zero-order valence-corrected chi connectivity index (χ0v) is 21.7. The molecule has 0 saturated heterocycles. The first kappa shape index (κ1) is 25.4. The number of hydrogen-bond donors (Lipinski definition) is 2. The molecule has 40 heavy (non-hydrogen) atoms. The molecule has 6 rings (SSSR count). The third-order valence-electron chi connectivity index (χ3n) is 6.89. The number of carboxylic acids is 1. The van der Waals surface area contributed by atoms with Crippen molar-refractivity contribution in [2.75, 3.05) is 12.1 Å². The highest BCUT2D eigenvalue weighted by molar-refractivity contribution is 6.31. The number of hydrogen-bond acceptors (Lipinski definition) is 6. The number of carbonyl (C=O) groups excluding carboxylic acids is 2.